The zero-order valence-corrected chi connectivity index (χ0v) is 7.24. The molecule has 0 atom stereocenters. The van der Waals surface area contributed by atoms with Crippen LogP contribution in [0.5, 0.6) is 0 Å². The molecule has 0 aliphatic heterocycles. The Morgan fingerprint density at radius 3 is 2.40 bits per heavy atom. The van der Waals surface area contributed by atoms with Crippen molar-refractivity contribution in [3.05, 3.63) is 23.9 Å². The summed E-state index contributed by atoms with van der Waals surface area (Å²) in [7, 11) is 1.83. The van der Waals surface area contributed by atoms with E-state index >= 15 is 0 Å². The molecule has 58 valence electrons. The first-order valence-corrected chi connectivity index (χ1v) is 4.11. The third-order valence-corrected chi connectivity index (χ3v) is 2.01. The van der Waals surface area contributed by atoms with Gasteiger partial charge in [0.2, 0.25) is 0 Å². The van der Waals surface area contributed by atoms with Crippen LogP contribution in [0.2, 0.25) is 0 Å². The SMILES string of the molecule is C=C(CO)N(C)C(=C)SC. The maximum atomic E-state index is 8.66. The maximum absolute atomic E-state index is 8.66. The molecule has 0 unspecified atom stereocenters. The average molecular weight is 159 g/mol. The van der Waals surface area contributed by atoms with Crippen molar-refractivity contribution >= 4 is 11.8 Å². The molecule has 0 rings (SSSR count). The minimum Gasteiger partial charge on any atom is -0.390 e. The number of hydrogen-bond donors (Lipinski definition) is 1. The monoisotopic (exact) mass is 159 g/mol. The van der Waals surface area contributed by atoms with Crippen LogP contribution in [0, 0.1) is 0 Å². The minimum atomic E-state index is -0.0178. The topological polar surface area (TPSA) is 23.5 Å². The third kappa shape index (κ3) is 2.45. The first-order valence-electron chi connectivity index (χ1n) is 2.88. The first-order chi connectivity index (χ1) is 4.63. The summed E-state index contributed by atoms with van der Waals surface area (Å²) in [5, 5.41) is 9.55. The summed E-state index contributed by atoms with van der Waals surface area (Å²) < 4.78 is 0. The summed E-state index contributed by atoms with van der Waals surface area (Å²) in [6.07, 6.45) is 1.93. The molecule has 10 heavy (non-hydrogen) atoms. The van der Waals surface area contributed by atoms with Gasteiger partial charge in [0.1, 0.15) is 0 Å². The molecule has 0 bridgehead atoms. The number of nitrogens with zero attached hydrogens (tertiary/aromatic N) is 1. The molecule has 0 heterocycles. The van der Waals surface area contributed by atoms with Gasteiger partial charge in [-0.2, -0.15) is 0 Å². The van der Waals surface area contributed by atoms with Crippen LogP contribution in [-0.2, 0) is 0 Å². The predicted molar refractivity (Wildman–Crippen MR) is 46.6 cm³/mol. The Morgan fingerprint density at radius 2 is 2.10 bits per heavy atom. The van der Waals surface area contributed by atoms with E-state index in [0.717, 1.165) is 5.03 Å². The number of aliphatic hydroxyl groups is 1. The fourth-order valence-electron chi connectivity index (χ4n) is 0.419. The fraction of sp³-hybridized carbons (Fsp3) is 0.429. The number of likely N-dealkylation sites (N-methyl/N-ethyl adjacent to an activating group) is 1. The highest BCUT2D eigenvalue weighted by Crippen LogP contribution is 2.15. The molecule has 0 saturated carbocycles. The zero-order chi connectivity index (χ0) is 8.15. The Hall–Kier alpha value is -0.410. The van der Waals surface area contributed by atoms with Gasteiger partial charge in [-0.05, 0) is 6.26 Å². The van der Waals surface area contributed by atoms with Crippen molar-refractivity contribution in [1.29, 1.82) is 0 Å². The lowest BCUT2D eigenvalue weighted by Crippen LogP contribution is -2.15. The van der Waals surface area contributed by atoms with Gasteiger partial charge in [0.05, 0.1) is 11.6 Å². The van der Waals surface area contributed by atoms with Crippen molar-refractivity contribution in [2.45, 2.75) is 0 Å². The molecule has 0 aromatic rings. The van der Waals surface area contributed by atoms with Gasteiger partial charge in [0.25, 0.3) is 0 Å². The standard InChI is InChI=1S/C7H13NOS/c1-6(5-9)8(3)7(2)10-4/h9H,1-2,5H2,3-4H3. The zero-order valence-electron chi connectivity index (χ0n) is 6.42. The molecule has 0 amide bonds. The molecule has 0 aliphatic rings. The Morgan fingerprint density at radius 1 is 1.60 bits per heavy atom. The van der Waals surface area contributed by atoms with Crippen LogP contribution in [0.1, 0.15) is 0 Å². The number of aliphatic hydroxyl groups excluding tert-OH is 1. The molecular formula is C7H13NOS. The molecule has 1 N–H and O–H groups in total. The molecule has 0 radical (unpaired) electrons. The van der Waals surface area contributed by atoms with Crippen molar-refractivity contribution in [3.63, 3.8) is 0 Å². The van der Waals surface area contributed by atoms with Crippen LogP contribution in [0.15, 0.2) is 23.9 Å². The van der Waals surface area contributed by atoms with Crippen molar-refractivity contribution in [2.24, 2.45) is 0 Å². The van der Waals surface area contributed by atoms with Crippen LogP contribution >= 0.6 is 11.8 Å². The van der Waals surface area contributed by atoms with Gasteiger partial charge in [-0.15, -0.1) is 11.8 Å². The Bertz CT molecular complexity index is 129. The van der Waals surface area contributed by atoms with Crippen molar-refractivity contribution in [1.82, 2.24) is 4.90 Å². The van der Waals surface area contributed by atoms with Gasteiger partial charge in [-0.3, -0.25) is 0 Å². The average Bonchev–Trinajstić information content (AvgIpc) is 2.00. The lowest BCUT2D eigenvalue weighted by atomic mass is 10.5. The molecule has 0 saturated heterocycles. The van der Waals surface area contributed by atoms with E-state index in [1.54, 1.807) is 4.90 Å². The van der Waals surface area contributed by atoms with E-state index in [4.69, 9.17) is 5.11 Å². The normalized spacial score (nSPS) is 9.10. The number of rotatable bonds is 4. The highest BCUT2D eigenvalue weighted by atomic mass is 32.2. The second-order valence-corrected chi connectivity index (χ2v) is 2.76. The molecular weight excluding hydrogens is 146 g/mol. The van der Waals surface area contributed by atoms with E-state index in [0.29, 0.717) is 5.70 Å². The van der Waals surface area contributed by atoms with Gasteiger partial charge in [-0.25, -0.2) is 0 Å². The number of thioether (sulfide) groups is 1. The summed E-state index contributed by atoms with van der Waals surface area (Å²) in [5.74, 6) is 0. The van der Waals surface area contributed by atoms with E-state index in [1.807, 2.05) is 13.3 Å². The van der Waals surface area contributed by atoms with Crippen molar-refractivity contribution in [3.8, 4) is 0 Å². The van der Waals surface area contributed by atoms with Gasteiger partial charge in [-0.1, -0.05) is 13.2 Å². The van der Waals surface area contributed by atoms with Crippen LogP contribution in [-0.4, -0.2) is 29.9 Å². The Balaban J connectivity index is 3.94. The van der Waals surface area contributed by atoms with Gasteiger partial charge < -0.3 is 10.0 Å². The summed E-state index contributed by atoms with van der Waals surface area (Å²) in [6, 6.07) is 0. The minimum absolute atomic E-state index is 0.0178. The second kappa shape index (κ2) is 4.41. The summed E-state index contributed by atoms with van der Waals surface area (Å²) >= 11 is 1.54. The molecule has 0 aromatic heterocycles. The van der Waals surface area contributed by atoms with E-state index in [2.05, 4.69) is 13.2 Å². The molecule has 0 aromatic carbocycles. The first kappa shape index (κ1) is 9.59. The van der Waals surface area contributed by atoms with Gasteiger partial charge in [0.15, 0.2) is 0 Å². The largest absolute Gasteiger partial charge is 0.390 e. The molecule has 3 heteroatoms. The van der Waals surface area contributed by atoms with E-state index in [1.165, 1.54) is 11.8 Å². The smallest absolute Gasteiger partial charge is 0.0827 e. The number of hydrogen-bond acceptors (Lipinski definition) is 3. The Kier molecular flexibility index (Phi) is 4.23. The highest BCUT2D eigenvalue weighted by Gasteiger charge is 2.02. The van der Waals surface area contributed by atoms with E-state index < -0.39 is 0 Å². The lowest BCUT2D eigenvalue weighted by Gasteiger charge is -2.20. The van der Waals surface area contributed by atoms with Crippen LogP contribution in [0.4, 0.5) is 0 Å². The van der Waals surface area contributed by atoms with Crippen LogP contribution < -0.4 is 0 Å². The third-order valence-electron chi connectivity index (χ3n) is 1.27. The maximum Gasteiger partial charge on any atom is 0.0827 e. The summed E-state index contributed by atoms with van der Waals surface area (Å²) in [6.45, 7) is 7.39. The lowest BCUT2D eigenvalue weighted by molar-refractivity contribution is 0.298. The van der Waals surface area contributed by atoms with Gasteiger partial charge in [0, 0.05) is 12.7 Å². The quantitative estimate of drug-likeness (QED) is 0.668. The summed E-state index contributed by atoms with van der Waals surface area (Å²) in [5.41, 5.74) is 0.666. The predicted octanol–water partition coefficient (Wildman–Crippen LogP) is 1.26. The Labute approximate surface area is 66.2 Å². The van der Waals surface area contributed by atoms with Crippen molar-refractivity contribution in [2.75, 3.05) is 19.9 Å². The second-order valence-electron chi connectivity index (χ2n) is 1.88. The molecule has 0 fully saturated rings. The molecule has 0 aliphatic carbocycles. The van der Waals surface area contributed by atoms with Crippen LogP contribution in [0.25, 0.3) is 0 Å². The van der Waals surface area contributed by atoms with E-state index in [9.17, 15) is 0 Å². The molecule has 0 spiro atoms. The van der Waals surface area contributed by atoms with Crippen LogP contribution in [0.3, 0.4) is 0 Å². The fourth-order valence-corrected chi connectivity index (χ4v) is 0.822. The summed E-state index contributed by atoms with van der Waals surface area (Å²) in [4.78, 5) is 1.77. The van der Waals surface area contributed by atoms with Gasteiger partial charge >= 0.3 is 0 Å². The highest BCUT2D eigenvalue weighted by molar-refractivity contribution is 8.02. The van der Waals surface area contributed by atoms with E-state index in [-0.39, 0.29) is 6.61 Å². The van der Waals surface area contributed by atoms with Crippen molar-refractivity contribution < 1.29 is 5.11 Å². The molecule has 2 nitrogen and oxygen atoms in total.